The van der Waals surface area contributed by atoms with Gasteiger partial charge >= 0.3 is 0 Å². The number of methoxy groups -OCH3 is 1. The van der Waals surface area contributed by atoms with Crippen molar-refractivity contribution in [2.24, 2.45) is 4.99 Å². The molecule has 2 aromatic carbocycles. The minimum Gasteiger partial charge on any atom is -0.497 e. The molecule has 23 heavy (non-hydrogen) atoms. The van der Waals surface area contributed by atoms with E-state index in [1.54, 1.807) is 19.2 Å². The van der Waals surface area contributed by atoms with Crippen molar-refractivity contribution in [1.82, 2.24) is 4.90 Å². The highest BCUT2D eigenvalue weighted by molar-refractivity contribution is 7.80. The van der Waals surface area contributed by atoms with Crippen molar-refractivity contribution in [2.75, 3.05) is 14.2 Å². The van der Waals surface area contributed by atoms with Gasteiger partial charge in [0, 0.05) is 23.2 Å². The van der Waals surface area contributed by atoms with Gasteiger partial charge in [-0.05, 0) is 60.7 Å². The molecule has 1 aliphatic heterocycles. The van der Waals surface area contributed by atoms with Gasteiger partial charge in [-0.25, -0.2) is 0 Å². The van der Waals surface area contributed by atoms with E-state index in [0.717, 1.165) is 16.9 Å². The van der Waals surface area contributed by atoms with Crippen molar-refractivity contribution in [2.45, 2.75) is 6.23 Å². The molecule has 1 heterocycles. The standard InChI is InChI=1S/C17H15ClN2O2S/c1-20-16(12-5-9-14(21-2)10-6-12)22-15(19-17(20)23)11-3-7-13(18)8-4-11/h3-10,16H,1-2H3. The zero-order valence-electron chi connectivity index (χ0n) is 12.7. The number of hydrogen-bond donors (Lipinski definition) is 0. The van der Waals surface area contributed by atoms with Gasteiger partial charge in [-0.15, -0.1) is 0 Å². The Morgan fingerprint density at radius 3 is 2.39 bits per heavy atom. The van der Waals surface area contributed by atoms with Gasteiger partial charge in [0.15, 0.2) is 0 Å². The van der Waals surface area contributed by atoms with Crippen molar-refractivity contribution in [1.29, 1.82) is 0 Å². The molecule has 0 bridgehead atoms. The number of nitrogens with zero attached hydrogens (tertiary/aromatic N) is 2. The summed E-state index contributed by atoms with van der Waals surface area (Å²) in [5.74, 6) is 1.28. The van der Waals surface area contributed by atoms with Gasteiger partial charge in [0.2, 0.25) is 17.2 Å². The minimum absolute atomic E-state index is 0.336. The Balaban J connectivity index is 1.91. The predicted octanol–water partition coefficient (Wildman–Crippen LogP) is 4.04. The summed E-state index contributed by atoms with van der Waals surface area (Å²) in [6.45, 7) is 0. The quantitative estimate of drug-likeness (QED) is 0.785. The van der Waals surface area contributed by atoms with Crippen molar-refractivity contribution in [3.8, 4) is 5.75 Å². The van der Waals surface area contributed by atoms with Gasteiger partial charge < -0.3 is 14.4 Å². The molecule has 0 spiro atoms. The lowest BCUT2D eigenvalue weighted by Gasteiger charge is -2.33. The normalized spacial score (nSPS) is 17.5. The molecule has 0 N–H and O–H groups in total. The Morgan fingerprint density at radius 2 is 1.78 bits per heavy atom. The molecular weight excluding hydrogens is 332 g/mol. The smallest absolute Gasteiger partial charge is 0.225 e. The molecule has 0 amide bonds. The van der Waals surface area contributed by atoms with Crippen molar-refractivity contribution in [3.05, 3.63) is 64.7 Å². The van der Waals surface area contributed by atoms with Crippen LogP contribution in [-0.4, -0.2) is 30.1 Å². The zero-order chi connectivity index (χ0) is 16.4. The minimum atomic E-state index is -0.336. The molecule has 0 fully saturated rings. The van der Waals surface area contributed by atoms with Crippen LogP contribution < -0.4 is 4.74 Å². The van der Waals surface area contributed by atoms with Crippen LogP contribution in [0, 0.1) is 0 Å². The van der Waals surface area contributed by atoms with Gasteiger partial charge in [-0.3, -0.25) is 0 Å². The van der Waals surface area contributed by atoms with Crippen molar-refractivity contribution < 1.29 is 9.47 Å². The van der Waals surface area contributed by atoms with Crippen LogP contribution in [0.4, 0.5) is 0 Å². The molecule has 2 aromatic rings. The van der Waals surface area contributed by atoms with Crippen LogP contribution in [-0.2, 0) is 4.74 Å². The lowest BCUT2D eigenvalue weighted by Crippen LogP contribution is -2.37. The lowest BCUT2D eigenvalue weighted by molar-refractivity contribution is 0.0757. The van der Waals surface area contributed by atoms with E-state index in [0.29, 0.717) is 16.0 Å². The first-order valence-electron chi connectivity index (χ1n) is 7.00. The van der Waals surface area contributed by atoms with Crippen LogP contribution >= 0.6 is 23.8 Å². The second kappa shape index (κ2) is 6.56. The summed E-state index contributed by atoms with van der Waals surface area (Å²) in [7, 11) is 3.50. The maximum absolute atomic E-state index is 6.06. The van der Waals surface area contributed by atoms with E-state index < -0.39 is 0 Å². The van der Waals surface area contributed by atoms with Gasteiger partial charge in [0.1, 0.15) is 5.75 Å². The van der Waals surface area contributed by atoms with Crippen LogP contribution in [0.1, 0.15) is 17.4 Å². The number of hydrogen-bond acceptors (Lipinski definition) is 3. The Labute approximate surface area is 145 Å². The third kappa shape index (κ3) is 3.30. The fourth-order valence-electron chi connectivity index (χ4n) is 2.26. The van der Waals surface area contributed by atoms with Gasteiger partial charge in [0.25, 0.3) is 0 Å². The van der Waals surface area contributed by atoms with Crippen LogP contribution in [0.15, 0.2) is 53.5 Å². The predicted molar refractivity (Wildman–Crippen MR) is 95.2 cm³/mol. The van der Waals surface area contributed by atoms with E-state index in [-0.39, 0.29) is 6.23 Å². The Bertz CT molecular complexity index is 744. The first kappa shape index (κ1) is 15.8. The number of aliphatic imine (C=N–C) groups is 1. The van der Waals surface area contributed by atoms with Crippen molar-refractivity contribution >= 4 is 34.8 Å². The summed E-state index contributed by atoms with van der Waals surface area (Å²) in [6.07, 6.45) is -0.336. The van der Waals surface area contributed by atoms with E-state index in [4.69, 9.17) is 33.3 Å². The number of halogens is 1. The van der Waals surface area contributed by atoms with Crippen LogP contribution in [0.25, 0.3) is 0 Å². The molecule has 0 saturated heterocycles. The summed E-state index contributed by atoms with van der Waals surface area (Å²) in [5, 5.41) is 1.14. The molecule has 1 aliphatic rings. The second-order valence-corrected chi connectivity index (χ2v) is 5.86. The summed E-state index contributed by atoms with van der Waals surface area (Å²) in [5.41, 5.74) is 1.81. The summed E-state index contributed by atoms with van der Waals surface area (Å²) < 4.78 is 11.2. The molecule has 1 unspecified atom stereocenters. The van der Waals surface area contributed by atoms with Crippen LogP contribution in [0.5, 0.6) is 5.75 Å². The summed E-state index contributed by atoms with van der Waals surface area (Å²) in [4.78, 5) is 6.17. The summed E-state index contributed by atoms with van der Waals surface area (Å²) in [6, 6.07) is 15.0. The lowest BCUT2D eigenvalue weighted by atomic mass is 10.1. The molecule has 6 heteroatoms. The van der Waals surface area contributed by atoms with E-state index in [9.17, 15) is 0 Å². The number of rotatable bonds is 3. The number of ether oxygens (including phenoxy) is 2. The zero-order valence-corrected chi connectivity index (χ0v) is 14.3. The molecular formula is C17H15ClN2O2S. The van der Waals surface area contributed by atoms with E-state index in [1.165, 1.54) is 0 Å². The number of thiocarbonyl (C=S) groups is 1. The van der Waals surface area contributed by atoms with E-state index >= 15 is 0 Å². The fraction of sp³-hybridized carbons (Fsp3) is 0.176. The molecule has 1 atom stereocenters. The van der Waals surface area contributed by atoms with Gasteiger partial charge in [-0.2, -0.15) is 4.99 Å². The highest BCUT2D eigenvalue weighted by atomic mass is 35.5. The monoisotopic (exact) mass is 346 g/mol. The first-order chi connectivity index (χ1) is 11.1. The maximum atomic E-state index is 6.06. The van der Waals surface area contributed by atoms with E-state index in [2.05, 4.69) is 4.99 Å². The van der Waals surface area contributed by atoms with Crippen molar-refractivity contribution in [3.63, 3.8) is 0 Å². The maximum Gasteiger partial charge on any atom is 0.225 e. The largest absolute Gasteiger partial charge is 0.497 e. The topological polar surface area (TPSA) is 34.1 Å². The van der Waals surface area contributed by atoms with Crippen LogP contribution in [0.3, 0.4) is 0 Å². The SMILES string of the molecule is COc1ccc(C2OC(c3ccc(Cl)cc3)=NC(=S)N2C)cc1. The molecule has 0 saturated carbocycles. The highest BCUT2D eigenvalue weighted by Crippen LogP contribution is 2.28. The summed E-state index contributed by atoms with van der Waals surface area (Å²) >= 11 is 11.3. The molecule has 0 aromatic heterocycles. The molecule has 0 aliphatic carbocycles. The van der Waals surface area contributed by atoms with E-state index in [1.807, 2.05) is 48.3 Å². The third-order valence-corrected chi connectivity index (χ3v) is 4.20. The van der Waals surface area contributed by atoms with Gasteiger partial charge in [0.05, 0.1) is 7.11 Å². The number of benzene rings is 2. The average molecular weight is 347 g/mol. The fourth-order valence-corrected chi connectivity index (χ4v) is 2.57. The molecule has 118 valence electrons. The Morgan fingerprint density at radius 1 is 1.13 bits per heavy atom. The Hall–Kier alpha value is -2.11. The average Bonchev–Trinajstić information content (AvgIpc) is 2.58. The highest BCUT2D eigenvalue weighted by Gasteiger charge is 2.28. The molecule has 0 radical (unpaired) electrons. The van der Waals surface area contributed by atoms with Gasteiger partial charge in [-0.1, -0.05) is 11.6 Å². The first-order valence-corrected chi connectivity index (χ1v) is 7.79. The Kier molecular flexibility index (Phi) is 4.50. The third-order valence-electron chi connectivity index (χ3n) is 3.57. The molecule has 3 rings (SSSR count). The van der Waals surface area contributed by atoms with Crippen LogP contribution in [0.2, 0.25) is 5.02 Å². The molecule has 4 nitrogen and oxygen atoms in total. The second-order valence-electron chi connectivity index (χ2n) is 5.06.